The zero-order valence-corrected chi connectivity index (χ0v) is 11.6. The Balaban J connectivity index is 1.89. The highest BCUT2D eigenvalue weighted by atomic mass is 32.2. The number of aryl methyl sites for hydroxylation is 1. The van der Waals surface area contributed by atoms with Gasteiger partial charge in [-0.25, -0.2) is 17.4 Å². The molecule has 1 aromatic heterocycles. The van der Waals surface area contributed by atoms with E-state index in [4.69, 9.17) is 0 Å². The second-order valence-corrected chi connectivity index (χ2v) is 6.55. The number of nitrogens with zero attached hydrogens (tertiary/aromatic N) is 2. The second-order valence-electron chi connectivity index (χ2n) is 4.58. The average molecular weight is 286 g/mol. The quantitative estimate of drug-likeness (QED) is 0.740. The molecule has 0 aliphatic heterocycles. The average Bonchev–Trinajstić information content (AvgIpc) is 2.91. The minimum absolute atomic E-state index is 0.0668. The molecule has 0 radical (unpaired) electrons. The summed E-state index contributed by atoms with van der Waals surface area (Å²) < 4.78 is 26.1. The topological polar surface area (TPSA) is 52.0 Å². The Morgan fingerprint density at radius 3 is 2.45 bits per heavy atom. The minimum atomic E-state index is -3.39. The first-order chi connectivity index (χ1) is 9.67. The van der Waals surface area contributed by atoms with Crippen LogP contribution in [0.5, 0.6) is 0 Å². The van der Waals surface area contributed by atoms with Crippen LogP contribution in [-0.4, -0.2) is 23.1 Å². The Bertz CT molecular complexity index is 823. The van der Waals surface area contributed by atoms with E-state index >= 15 is 0 Å². The van der Waals surface area contributed by atoms with Gasteiger partial charge in [0.2, 0.25) is 10.0 Å². The van der Waals surface area contributed by atoms with E-state index in [0.717, 1.165) is 5.56 Å². The molecule has 5 heteroatoms. The number of benzene rings is 2. The van der Waals surface area contributed by atoms with Gasteiger partial charge >= 0.3 is 0 Å². The zero-order chi connectivity index (χ0) is 14.0. The summed E-state index contributed by atoms with van der Waals surface area (Å²) in [5.41, 5.74) is 2.33. The highest BCUT2D eigenvalue weighted by Gasteiger charge is 2.16. The van der Waals surface area contributed by atoms with Crippen LogP contribution in [0.15, 0.2) is 60.9 Å². The lowest BCUT2D eigenvalue weighted by atomic mass is 10.2. The molecular formula is C15H14N2O2S. The van der Waals surface area contributed by atoms with Crippen molar-refractivity contribution in [2.45, 2.75) is 6.42 Å². The molecule has 4 nitrogen and oxygen atoms in total. The number of hydrogen-bond acceptors (Lipinski definition) is 3. The maximum absolute atomic E-state index is 12.4. The van der Waals surface area contributed by atoms with Crippen molar-refractivity contribution in [3.8, 4) is 0 Å². The van der Waals surface area contributed by atoms with Crippen LogP contribution in [0.2, 0.25) is 0 Å². The molecule has 0 saturated heterocycles. The van der Waals surface area contributed by atoms with Gasteiger partial charge in [0.15, 0.2) is 0 Å². The van der Waals surface area contributed by atoms with Gasteiger partial charge in [-0.1, -0.05) is 42.5 Å². The number of para-hydroxylation sites is 2. The molecule has 0 N–H and O–H groups in total. The van der Waals surface area contributed by atoms with Crippen molar-refractivity contribution < 1.29 is 8.42 Å². The van der Waals surface area contributed by atoms with Gasteiger partial charge in [-0.15, -0.1) is 0 Å². The molecule has 0 atom stereocenters. The Morgan fingerprint density at radius 2 is 1.65 bits per heavy atom. The summed E-state index contributed by atoms with van der Waals surface area (Å²) in [4.78, 5) is 4.12. The fourth-order valence-electron chi connectivity index (χ4n) is 2.15. The minimum Gasteiger partial charge on any atom is -0.236 e. The lowest BCUT2D eigenvalue weighted by Gasteiger charge is -2.06. The van der Waals surface area contributed by atoms with Crippen LogP contribution in [0.3, 0.4) is 0 Å². The molecule has 102 valence electrons. The third kappa shape index (κ3) is 2.44. The maximum atomic E-state index is 12.4. The molecule has 0 unspecified atom stereocenters. The van der Waals surface area contributed by atoms with Crippen molar-refractivity contribution in [1.29, 1.82) is 0 Å². The van der Waals surface area contributed by atoms with E-state index in [-0.39, 0.29) is 5.75 Å². The molecule has 2 aromatic carbocycles. The predicted molar refractivity (Wildman–Crippen MR) is 79.1 cm³/mol. The lowest BCUT2D eigenvalue weighted by molar-refractivity contribution is 0.588. The zero-order valence-electron chi connectivity index (χ0n) is 10.8. The molecule has 3 aromatic rings. The first kappa shape index (κ1) is 12.9. The van der Waals surface area contributed by atoms with Gasteiger partial charge in [-0.3, -0.25) is 0 Å². The van der Waals surface area contributed by atoms with E-state index in [0.29, 0.717) is 17.5 Å². The molecule has 1 heterocycles. The first-order valence-electron chi connectivity index (χ1n) is 6.36. The van der Waals surface area contributed by atoms with E-state index in [1.807, 2.05) is 42.5 Å². The Morgan fingerprint density at radius 1 is 0.950 bits per heavy atom. The van der Waals surface area contributed by atoms with Crippen LogP contribution in [0.1, 0.15) is 5.56 Å². The van der Waals surface area contributed by atoms with Gasteiger partial charge in [0.25, 0.3) is 0 Å². The van der Waals surface area contributed by atoms with Crippen LogP contribution in [-0.2, 0) is 16.4 Å². The molecule has 3 rings (SSSR count). The smallest absolute Gasteiger partial charge is 0.236 e. The van der Waals surface area contributed by atoms with Gasteiger partial charge < -0.3 is 0 Å². The van der Waals surface area contributed by atoms with Crippen molar-refractivity contribution in [3.05, 3.63) is 66.5 Å². The lowest BCUT2D eigenvalue weighted by Crippen LogP contribution is -2.17. The largest absolute Gasteiger partial charge is 0.240 e. The van der Waals surface area contributed by atoms with Crippen LogP contribution in [0.25, 0.3) is 11.0 Å². The molecular weight excluding hydrogens is 272 g/mol. The number of imidazole rings is 1. The van der Waals surface area contributed by atoms with E-state index < -0.39 is 10.0 Å². The number of aromatic nitrogens is 2. The fraction of sp³-hybridized carbons (Fsp3) is 0.133. The van der Waals surface area contributed by atoms with E-state index in [1.54, 1.807) is 12.1 Å². The van der Waals surface area contributed by atoms with Gasteiger partial charge in [0, 0.05) is 0 Å². The van der Waals surface area contributed by atoms with E-state index in [9.17, 15) is 8.42 Å². The van der Waals surface area contributed by atoms with E-state index in [1.165, 1.54) is 10.3 Å². The first-order valence-corrected chi connectivity index (χ1v) is 7.97. The molecule has 0 aliphatic rings. The highest BCUT2D eigenvalue weighted by molar-refractivity contribution is 7.90. The Kier molecular flexibility index (Phi) is 3.28. The molecule has 20 heavy (non-hydrogen) atoms. The van der Waals surface area contributed by atoms with E-state index in [2.05, 4.69) is 4.98 Å². The SMILES string of the molecule is O=S(=O)(CCc1ccccc1)n1cnc2ccccc21. The maximum Gasteiger partial charge on any atom is 0.240 e. The molecule has 0 amide bonds. The van der Waals surface area contributed by atoms with Crippen molar-refractivity contribution in [2.24, 2.45) is 0 Å². The summed E-state index contributed by atoms with van der Waals surface area (Å²) in [7, 11) is -3.39. The van der Waals surface area contributed by atoms with Crippen LogP contribution < -0.4 is 0 Å². The summed E-state index contributed by atoms with van der Waals surface area (Å²) in [5, 5.41) is 0. The summed E-state index contributed by atoms with van der Waals surface area (Å²) in [6.07, 6.45) is 1.88. The van der Waals surface area contributed by atoms with Crippen LogP contribution >= 0.6 is 0 Å². The summed E-state index contributed by atoms with van der Waals surface area (Å²) in [6.45, 7) is 0. The van der Waals surface area contributed by atoms with Gasteiger partial charge in [0.05, 0.1) is 16.8 Å². The van der Waals surface area contributed by atoms with Gasteiger partial charge in [-0.2, -0.15) is 0 Å². The number of fused-ring (bicyclic) bond motifs is 1. The molecule has 0 saturated carbocycles. The second kappa shape index (κ2) is 5.09. The van der Waals surface area contributed by atoms with Crippen molar-refractivity contribution in [3.63, 3.8) is 0 Å². The van der Waals surface area contributed by atoms with Gasteiger partial charge in [-0.05, 0) is 24.1 Å². The van der Waals surface area contributed by atoms with Crippen molar-refractivity contribution >= 4 is 21.1 Å². The summed E-state index contributed by atoms with van der Waals surface area (Å²) in [5.74, 6) is 0.0668. The molecule has 0 bridgehead atoms. The van der Waals surface area contributed by atoms with Crippen LogP contribution in [0, 0.1) is 0 Å². The Hall–Kier alpha value is -2.14. The monoisotopic (exact) mass is 286 g/mol. The number of rotatable bonds is 4. The summed E-state index contributed by atoms with van der Waals surface area (Å²) in [6, 6.07) is 16.8. The fourth-order valence-corrected chi connectivity index (χ4v) is 3.48. The predicted octanol–water partition coefficient (Wildman–Crippen LogP) is 2.46. The normalized spacial score (nSPS) is 11.8. The standard InChI is InChI=1S/C15H14N2O2S/c18-20(19,11-10-13-6-2-1-3-7-13)17-12-16-14-8-4-5-9-15(14)17/h1-9,12H,10-11H2. The third-order valence-corrected chi connectivity index (χ3v) is 4.82. The number of hydrogen-bond donors (Lipinski definition) is 0. The summed E-state index contributed by atoms with van der Waals surface area (Å²) >= 11 is 0. The molecule has 0 aliphatic carbocycles. The molecule has 0 fully saturated rings. The van der Waals surface area contributed by atoms with Crippen molar-refractivity contribution in [1.82, 2.24) is 8.96 Å². The highest BCUT2D eigenvalue weighted by Crippen LogP contribution is 2.15. The van der Waals surface area contributed by atoms with Crippen molar-refractivity contribution in [2.75, 3.05) is 5.75 Å². The molecule has 0 spiro atoms. The third-order valence-electron chi connectivity index (χ3n) is 3.21. The van der Waals surface area contributed by atoms with Crippen LogP contribution in [0.4, 0.5) is 0 Å². The Labute approximate surface area is 117 Å². The van der Waals surface area contributed by atoms with Gasteiger partial charge in [0.1, 0.15) is 6.33 Å².